The zero-order valence-corrected chi connectivity index (χ0v) is 14.1. The predicted molar refractivity (Wildman–Crippen MR) is 96.5 cm³/mol. The van der Waals surface area contributed by atoms with E-state index >= 15 is 0 Å². The standard InChI is InChI=1S/C20H20ClN2/c1-14(2)11-20(17-7-9-19(21)10-8-17)16-5-3-15(4-6-16)18-12-22-23-13-18/h3-10,12-13,20H,11H2,1-2H3,(H,22,23). The van der Waals surface area contributed by atoms with E-state index in [0.29, 0.717) is 5.92 Å². The molecule has 0 saturated heterocycles. The van der Waals surface area contributed by atoms with Crippen molar-refractivity contribution in [2.24, 2.45) is 0 Å². The lowest BCUT2D eigenvalue weighted by Crippen LogP contribution is -2.04. The summed E-state index contributed by atoms with van der Waals surface area (Å²) < 4.78 is 0. The molecule has 1 radical (unpaired) electrons. The quantitative estimate of drug-likeness (QED) is 0.625. The minimum atomic E-state index is 0.357. The van der Waals surface area contributed by atoms with Gasteiger partial charge in [-0.2, -0.15) is 5.10 Å². The van der Waals surface area contributed by atoms with E-state index in [-0.39, 0.29) is 0 Å². The number of hydrogen-bond acceptors (Lipinski definition) is 1. The van der Waals surface area contributed by atoms with E-state index in [0.717, 1.165) is 17.0 Å². The molecular formula is C20H20ClN2. The summed E-state index contributed by atoms with van der Waals surface area (Å²) in [6, 6.07) is 16.9. The maximum absolute atomic E-state index is 6.03. The van der Waals surface area contributed by atoms with Crippen molar-refractivity contribution >= 4 is 11.6 Å². The van der Waals surface area contributed by atoms with Crippen LogP contribution < -0.4 is 0 Å². The Hall–Kier alpha value is -2.06. The SMILES string of the molecule is C[C](C)CC(c1ccc(Cl)cc1)c1ccc(-c2cn[nH]c2)cc1. The minimum absolute atomic E-state index is 0.357. The zero-order valence-electron chi connectivity index (χ0n) is 13.4. The first-order chi connectivity index (χ1) is 11.1. The largest absolute Gasteiger partial charge is 0.285 e. The molecule has 0 aliphatic rings. The summed E-state index contributed by atoms with van der Waals surface area (Å²) in [5.41, 5.74) is 4.90. The van der Waals surface area contributed by atoms with Crippen LogP contribution in [0.4, 0.5) is 0 Å². The van der Waals surface area contributed by atoms with Crippen molar-refractivity contribution < 1.29 is 0 Å². The third kappa shape index (κ3) is 3.83. The number of halogens is 1. The predicted octanol–water partition coefficient (Wildman–Crippen LogP) is 5.87. The van der Waals surface area contributed by atoms with Crippen LogP contribution in [0.25, 0.3) is 11.1 Å². The van der Waals surface area contributed by atoms with Gasteiger partial charge in [-0.1, -0.05) is 61.8 Å². The van der Waals surface area contributed by atoms with E-state index in [9.17, 15) is 0 Å². The molecule has 1 aromatic heterocycles. The second kappa shape index (κ2) is 7.01. The van der Waals surface area contributed by atoms with E-state index in [4.69, 9.17) is 11.6 Å². The molecule has 0 saturated carbocycles. The highest BCUT2D eigenvalue weighted by atomic mass is 35.5. The lowest BCUT2D eigenvalue weighted by Gasteiger charge is -2.20. The van der Waals surface area contributed by atoms with E-state index < -0.39 is 0 Å². The van der Waals surface area contributed by atoms with Gasteiger partial charge in [-0.25, -0.2) is 0 Å². The van der Waals surface area contributed by atoms with Crippen LogP contribution in [-0.2, 0) is 0 Å². The number of nitrogens with one attached hydrogen (secondary N) is 1. The molecule has 2 aromatic carbocycles. The van der Waals surface area contributed by atoms with Gasteiger partial charge in [0, 0.05) is 22.7 Å². The highest BCUT2D eigenvalue weighted by Gasteiger charge is 2.16. The summed E-state index contributed by atoms with van der Waals surface area (Å²) in [6.45, 7) is 4.37. The van der Waals surface area contributed by atoms with Crippen molar-refractivity contribution in [3.63, 3.8) is 0 Å². The highest BCUT2D eigenvalue weighted by molar-refractivity contribution is 6.30. The van der Waals surface area contributed by atoms with Gasteiger partial charge in [0.15, 0.2) is 0 Å². The maximum atomic E-state index is 6.03. The summed E-state index contributed by atoms with van der Waals surface area (Å²) in [7, 11) is 0. The van der Waals surface area contributed by atoms with E-state index in [1.165, 1.54) is 22.6 Å². The number of aromatic amines is 1. The van der Waals surface area contributed by atoms with Gasteiger partial charge in [0.1, 0.15) is 0 Å². The number of nitrogens with zero attached hydrogens (tertiary/aromatic N) is 1. The molecule has 0 aliphatic heterocycles. The number of aromatic nitrogens is 2. The molecule has 117 valence electrons. The molecule has 0 aliphatic carbocycles. The summed E-state index contributed by atoms with van der Waals surface area (Å²) in [4.78, 5) is 0. The highest BCUT2D eigenvalue weighted by Crippen LogP contribution is 2.33. The molecule has 3 heteroatoms. The Labute approximate surface area is 142 Å². The zero-order chi connectivity index (χ0) is 16.2. The summed E-state index contributed by atoms with van der Waals surface area (Å²) in [5, 5.41) is 7.65. The third-order valence-corrected chi connectivity index (χ3v) is 4.28. The molecule has 2 nitrogen and oxygen atoms in total. The topological polar surface area (TPSA) is 28.7 Å². The van der Waals surface area contributed by atoms with Gasteiger partial charge in [0.25, 0.3) is 0 Å². The molecule has 0 spiro atoms. The lowest BCUT2D eigenvalue weighted by molar-refractivity contribution is 0.729. The number of rotatable bonds is 5. The number of H-pyrrole nitrogens is 1. The van der Waals surface area contributed by atoms with Crippen LogP contribution in [0.3, 0.4) is 0 Å². The van der Waals surface area contributed by atoms with E-state index in [1.54, 1.807) is 0 Å². The van der Waals surface area contributed by atoms with Crippen LogP contribution in [0, 0.1) is 5.92 Å². The average Bonchev–Trinajstić information content (AvgIpc) is 3.08. The number of benzene rings is 2. The first-order valence-corrected chi connectivity index (χ1v) is 8.15. The Balaban J connectivity index is 1.91. The minimum Gasteiger partial charge on any atom is -0.285 e. The lowest BCUT2D eigenvalue weighted by atomic mass is 9.84. The van der Waals surface area contributed by atoms with Crippen molar-refractivity contribution in [1.82, 2.24) is 10.2 Å². The van der Waals surface area contributed by atoms with Crippen molar-refractivity contribution in [3.05, 3.63) is 83.0 Å². The molecule has 3 aromatic rings. The second-order valence-corrected chi connectivity index (χ2v) is 6.56. The van der Waals surface area contributed by atoms with Gasteiger partial charge in [0.05, 0.1) is 6.20 Å². The molecule has 1 unspecified atom stereocenters. The normalized spacial score (nSPS) is 12.5. The molecule has 0 fully saturated rings. The summed E-state index contributed by atoms with van der Waals surface area (Å²) >= 11 is 6.03. The van der Waals surface area contributed by atoms with Gasteiger partial charge in [-0.3, -0.25) is 5.10 Å². The van der Waals surface area contributed by atoms with Crippen molar-refractivity contribution in [1.29, 1.82) is 0 Å². The monoisotopic (exact) mass is 323 g/mol. The Morgan fingerprint density at radius 2 is 1.57 bits per heavy atom. The molecule has 23 heavy (non-hydrogen) atoms. The van der Waals surface area contributed by atoms with Crippen LogP contribution in [0.1, 0.15) is 37.3 Å². The molecule has 1 N–H and O–H groups in total. The second-order valence-electron chi connectivity index (χ2n) is 6.12. The fourth-order valence-corrected chi connectivity index (χ4v) is 2.97. The van der Waals surface area contributed by atoms with Crippen LogP contribution in [0.2, 0.25) is 5.02 Å². The molecular weight excluding hydrogens is 304 g/mol. The van der Waals surface area contributed by atoms with Gasteiger partial charge in [-0.15, -0.1) is 0 Å². The summed E-state index contributed by atoms with van der Waals surface area (Å²) in [5.74, 6) is 1.78. The van der Waals surface area contributed by atoms with Crippen LogP contribution in [-0.4, -0.2) is 10.2 Å². The third-order valence-electron chi connectivity index (χ3n) is 4.03. The van der Waals surface area contributed by atoms with Crippen LogP contribution in [0.15, 0.2) is 60.9 Å². The van der Waals surface area contributed by atoms with Gasteiger partial charge >= 0.3 is 0 Å². The van der Waals surface area contributed by atoms with E-state index in [1.807, 2.05) is 24.5 Å². The molecule has 0 amide bonds. The van der Waals surface area contributed by atoms with Crippen molar-refractivity contribution in [2.75, 3.05) is 0 Å². The smallest absolute Gasteiger partial charge is 0.0565 e. The van der Waals surface area contributed by atoms with Crippen molar-refractivity contribution in [2.45, 2.75) is 26.2 Å². The first-order valence-electron chi connectivity index (χ1n) is 7.77. The van der Waals surface area contributed by atoms with Gasteiger partial charge in [0.2, 0.25) is 0 Å². The van der Waals surface area contributed by atoms with E-state index in [2.05, 4.69) is 60.4 Å². The van der Waals surface area contributed by atoms with Crippen molar-refractivity contribution in [3.8, 4) is 11.1 Å². The van der Waals surface area contributed by atoms with Crippen LogP contribution in [0.5, 0.6) is 0 Å². The Kier molecular flexibility index (Phi) is 4.82. The van der Waals surface area contributed by atoms with Crippen LogP contribution >= 0.6 is 11.6 Å². The fraction of sp³-hybridized carbons (Fsp3) is 0.200. The fourth-order valence-electron chi connectivity index (χ4n) is 2.85. The van der Waals surface area contributed by atoms with Gasteiger partial charge in [-0.05, 0) is 41.2 Å². The molecule has 3 rings (SSSR count). The number of hydrogen-bond donors (Lipinski definition) is 1. The van der Waals surface area contributed by atoms with Gasteiger partial charge < -0.3 is 0 Å². The average molecular weight is 324 g/mol. The molecule has 0 bridgehead atoms. The Morgan fingerprint density at radius 3 is 2.09 bits per heavy atom. The Morgan fingerprint density at radius 1 is 0.957 bits per heavy atom. The molecule has 1 atom stereocenters. The maximum Gasteiger partial charge on any atom is 0.0565 e. The Bertz CT molecular complexity index is 728. The summed E-state index contributed by atoms with van der Waals surface area (Å²) in [6.07, 6.45) is 4.79. The first kappa shape index (κ1) is 15.8. The molecule has 1 heterocycles.